The molecule has 1 amide bonds. The number of methoxy groups -OCH3 is 1. The van der Waals surface area contributed by atoms with Gasteiger partial charge in [0.2, 0.25) is 5.91 Å². The molecule has 6 heteroatoms. The molecule has 3 N–H and O–H groups in total. The molecule has 0 aliphatic carbocycles. The minimum Gasteiger partial charge on any atom is -0.353 e. The number of amides is 1. The maximum absolute atomic E-state index is 12.0. The van der Waals surface area contributed by atoms with Gasteiger partial charge in [-0.2, -0.15) is 0 Å². The van der Waals surface area contributed by atoms with Gasteiger partial charge in [0.1, 0.15) is 6.10 Å². The zero-order chi connectivity index (χ0) is 12.3. The number of hydrogen-bond acceptors (Lipinski definition) is 5. The molecule has 0 spiro atoms. The van der Waals surface area contributed by atoms with Crippen LogP contribution < -0.4 is 11.1 Å². The van der Waals surface area contributed by atoms with E-state index in [1.54, 1.807) is 7.11 Å². The second kappa shape index (κ2) is 5.77. The number of nitrogens with one attached hydrogen (secondary N) is 1. The molecule has 3 atom stereocenters. The summed E-state index contributed by atoms with van der Waals surface area (Å²) in [6.07, 6.45) is 1.49. The Balaban J connectivity index is 1.67. The molecular formula is C11H21N3O3. The van der Waals surface area contributed by atoms with Crippen LogP contribution in [-0.2, 0) is 14.3 Å². The summed E-state index contributed by atoms with van der Waals surface area (Å²) < 4.78 is 10.2. The zero-order valence-corrected chi connectivity index (χ0v) is 10.2. The predicted octanol–water partition coefficient (Wildman–Crippen LogP) is -1.10. The molecule has 2 fully saturated rings. The fourth-order valence-corrected chi connectivity index (χ4v) is 2.13. The van der Waals surface area contributed by atoms with Crippen LogP contribution in [0.3, 0.4) is 0 Å². The fraction of sp³-hybridized carbons (Fsp3) is 0.909. The van der Waals surface area contributed by atoms with E-state index in [-0.39, 0.29) is 18.3 Å². The lowest BCUT2D eigenvalue weighted by atomic mass is 10.1. The van der Waals surface area contributed by atoms with E-state index in [1.165, 1.54) is 0 Å². The fourth-order valence-electron chi connectivity index (χ4n) is 2.13. The molecule has 98 valence electrons. The number of epoxide rings is 1. The quantitative estimate of drug-likeness (QED) is 0.599. The highest BCUT2D eigenvalue weighted by atomic mass is 16.8. The molecule has 0 saturated carbocycles. The van der Waals surface area contributed by atoms with E-state index >= 15 is 0 Å². The summed E-state index contributed by atoms with van der Waals surface area (Å²) in [5, 5.41) is 3.21. The molecule has 2 aliphatic rings. The Hall–Kier alpha value is -0.690. The third-order valence-corrected chi connectivity index (χ3v) is 3.28. The van der Waals surface area contributed by atoms with E-state index in [2.05, 4.69) is 5.32 Å². The summed E-state index contributed by atoms with van der Waals surface area (Å²) in [4.78, 5) is 13.8. The van der Waals surface area contributed by atoms with Crippen molar-refractivity contribution >= 4 is 5.91 Å². The second-order valence-electron chi connectivity index (χ2n) is 4.54. The van der Waals surface area contributed by atoms with Crippen LogP contribution >= 0.6 is 0 Å². The standard InChI is InChI=1S/C11H21N3O3/c1-16-11-9(17-11)3-2-8(12)10(15)14-6-4-13-5-7-14/h8-9,11,13H,2-7,12H2,1H3/t8-,9?,11?/m0/s1. The Bertz CT molecular complexity index is 269. The van der Waals surface area contributed by atoms with E-state index in [1.807, 2.05) is 4.90 Å². The van der Waals surface area contributed by atoms with Gasteiger partial charge in [-0.25, -0.2) is 0 Å². The minimum absolute atomic E-state index is 0.0566. The van der Waals surface area contributed by atoms with Crippen molar-refractivity contribution in [2.75, 3.05) is 33.3 Å². The van der Waals surface area contributed by atoms with Gasteiger partial charge in [-0.05, 0) is 12.8 Å². The van der Waals surface area contributed by atoms with E-state index < -0.39 is 6.04 Å². The molecule has 17 heavy (non-hydrogen) atoms. The molecular weight excluding hydrogens is 222 g/mol. The summed E-state index contributed by atoms with van der Waals surface area (Å²) >= 11 is 0. The predicted molar refractivity (Wildman–Crippen MR) is 62.3 cm³/mol. The van der Waals surface area contributed by atoms with Crippen LogP contribution in [0.25, 0.3) is 0 Å². The van der Waals surface area contributed by atoms with Gasteiger partial charge in [0.25, 0.3) is 0 Å². The largest absolute Gasteiger partial charge is 0.353 e. The molecule has 6 nitrogen and oxygen atoms in total. The first-order valence-electron chi connectivity index (χ1n) is 6.15. The highest BCUT2D eigenvalue weighted by molar-refractivity contribution is 5.81. The molecule has 0 aromatic heterocycles. The monoisotopic (exact) mass is 243 g/mol. The molecule has 2 heterocycles. The highest BCUT2D eigenvalue weighted by Crippen LogP contribution is 2.27. The van der Waals surface area contributed by atoms with E-state index in [4.69, 9.17) is 15.2 Å². The summed E-state index contributed by atoms with van der Waals surface area (Å²) in [7, 11) is 1.62. The maximum atomic E-state index is 12.0. The molecule has 2 saturated heterocycles. The van der Waals surface area contributed by atoms with Crippen LogP contribution in [0.5, 0.6) is 0 Å². The number of piperazine rings is 1. The maximum Gasteiger partial charge on any atom is 0.239 e. The van der Waals surface area contributed by atoms with Gasteiger partial charge >= 0.3 is 0 Å². The van der Waals surface area contributed by atoms with E-state index in [0.717, 1.165) is 32.6 Å². The summed E-state index contributed by atoms with van der Waals surface area (Å²) in [6, 6.07) is -0.408. The topological polar surface area (TPSA) is 80.1 Å². The smallest absolute Gasteiger partial charge is 0.239 e. The van der Waals surface area contributed by atoms with Gasteiger partial charge in [-0.15, -0.1) is 0 Å². The van der Waals surface area contributed by atoms with Crippen LogP contribution in [0.2, 0.25) is 0 Å². The zero-order valence-electron chi connectivity index (χ0n) is 10.2. The Morgan fingerprint density at radius 2 is 2.29 bits per heavy atom. The molecule has 0 bridgehead atoms. The van der Waals surface area contributed by atoms with Crippen molar-refractivity contribution in [2.45, 2.75) is 31.3 Å². The molecule has 2 aliphatic heterocycles. The number of nitrogens with zero attached hydrogens (tertiary/aromatic N) is 1. The number of ether oxygens (including phenoxy) is 2. The van der Waals surface area contributed by atoms with Gasteiger partial charge in [0, 0.05) is 33.3 Å². The van der Waals surface area contributed by atoms with Gasteiger partial charge in [0.15, 0.2) is 6.29 Å². The second-order valence-corrected chi connectivity index (χ2v) is 4.54. The van der Waals surface area contributed by atoms with Crippen LogP contribution in [0.15, 0.2) is 0 Å². The van der Waals surface area contributed by atoms with Gasteiger partial charge in [-0.3, -0.25) is 4.79 Å². The van der Waals surface area contributed by atoms with Crippen molar-refractivity contribution in [3.05, 3.63) is 0 Å². The lowest BCUT2D eigenvalue weighted by molar-refractivity contribution is -0.133. The molecule has 0 radical (unpaired) electrons. The Kier molecular flexibility index (Phi) is 4.33. The summed E-state index contributed by atoms with van der Waals surface area (Å²) in [6.45, 7) is 3.23. The Morgan fingerprint density at radius 1 is 1.59 bits per heavy atom. The first-order chi connectivity index (χ1) is 8.22. The van der Waals surface area contributed by atoms with Crippen LogP contribution in [-0.4, -0.2) is 62.5 Å². The number of rotatable bonds is 5. The molecule has 0 aromatic rings. The van der Waals surface area contributed by atoms with E-state index in [0.29, 0.717) is 6.42 Å². The van der Waals surface area contributed by atoms with Gasteiger partial charge in [0.05, 0.1) is 6.04 Å². The van der Waals surface area contributed by atoms with Crippen LogP contribution in [0.1, 0.15) is 12.8 Å². The van der Waals surface area contributed by atoms with Crippen molar-refractivity contribution in [1.29, 1.82) is 0 Å². The van der Waals surface area contributed by atoms with E-state index in [9.17, 15) is 4.79 Å². The summed E-state index contributed by atoms with van der Waals surface area (Å²) in [5.41, 5.74) is 5.90. The first-order valence-corrected chi connectivity index (χ1v) is 6.15. The Morgan fingerprint density at radius 3 is 2.88 bits per heavy atom. The third-order valence-electron chi connectivity index (χ3n) is 3.28. The van der Waals surface area contributed by atoms with Crippen molar-refractivity contribution in [3.63, 3.8) is 0 Å². The van der Waals surface area contributed by atoms with Crippen LogP contribution in [0.4, 0.5) is 0 Å². The van der Waals surface area contributed by atoms with Gasteiger partial charge < -0.3 is 25.4 Å². The van der Waals surface area contributed by atoms with Crippen molar-refractivity contribution in [2.24, 2.45) is 5.73 Å². The van der Waals surface area contributed by atoms with Crippen molar-refractivity contribution in [1.82, 2.24) is 10.2 Å². The highest BCUT2D eigenvalue weighted by Gasteiger charge is 2.39. The lowest BCUT2D eigenvalue weighted by Gasteiger charge is -2.29. The number of carbonyl (C=O) groups is 1. The summed E-state index contributed by atoms with van der Waals surface area (Å²) in [5.74, 6) is 0.0566. The third kappa shape index (κ3) is 3.38. The Labute approximate surface area is 101 Å². The lowest BCUT2D eigenvalue weighted by Crippen LogP contribution is -2.51. The first kappa shape index (κ1) is 12.8. The average molecular weight is 243 g/mol. The number of carbonyl (C=O) groups excluding carboxylic acids is 1. The number of nitrogens with two attached hydrogens (primary N) is 1. The SMILES string of the molecule is COC1OC1CC[C@H](N)C(=O)N1CCNCC1. The molecule has 0 aromatic carbocycles. The van der Waals surface area contributed by atoms with Crippen molar-refractivity contribution < 1.29 is 14.3 Å². The minimum atomic E-state index is -0.408. The molecule has 2 rings (SSSR count). The number of hydrogen-bond donors (Lipinski definition) is 2. The van der Waals surface area contributed by atoms with Crippen LogP contribution in [0, 0.1) is 0 Å². The molecule has 2 unspecified atom stereocenters. The average Bonchev–Trinajstić information content (AvgIpc) is 3.14. The van der Waals surface area contributed by atoms with Gasteiger partial charge in [-0.1, -0.05) is 0 Å². The van der Waals surface area contributed by atoms with Crippen molar-refractivity contribution in [3.8, 4) is 0 Å². The normalized spacial score (nSPS) is 30.1.